The summed E-state index contributed by atoms with van der Waals surface area (Å²) in [5, 5.41) is 11.6. The van der Waals surface area contributed by atoms with Crippen LogP contribution in [0.15, 0.2) is 24.3 Å². The Morgan fingerprint density at radius 3 is 2.69 bits per heavy atom. The Balaban J connectivity index is 1.83. The molecular formula is C13H17N3. The van der Waals surface area contributed by atoms with Gasteiger partial charge in [-0.15, -0.1) is 0 Å². The number of nitrogens with one attached hydrogen (secondary N) is 2. The highest BCUT2D eigenvalue weighted by Gasteiger charge is 2.31. The summed E-state index contributed by atoms with van der Waals surface area (Å²) in [6.45, 7) is 4.25. The van der Waals surface area contributed by atoms with Crippen molar-refractivity contribution in [2.24, 2.45) is 0 Å². The molecule has 1 saturated heterocycles. The van der Waals surface area contributed by atoms with Gasteiger partial charge in [0, 0.05) is 31.7 Å². The predicted octanol–water partition coefficient (Wildman–Crippen LogP) is 0.884. The minimum absolute atomic E-state index is 0.319. The van der Waals surface area contributed by atoms with Crippen LogP contribution in [0, 0.1) is 5.41 Å². The maximum absolute atomic E-state index is 8.26. The SMILES string of the molecule is N=C1c2ccccc2CC1N1CCNCC1. The molecule has 0 aromatic heterocycles. The molecule has 1 atom stereocenters. The van der Waals surface area contributed by atoms with Crippen LogP contribution < -0.4 is 5.32 Å². The lowest BCUT2D eigenvalue weighted by atomic mass is 10.1. The zero-order chi connectivity index (χ0) is 11.0. The van der Waals surface area contributed by atoms with Crippen LogP contribution in [0.3, 0.4) is 0 Å². The molecule has 0 radical (unpaired) electrons. The van der Waals surface area contributed by atoms with Crippen LogP contribution in [0.2, 0.25) is 0 Å². The van der Waals surface area contributed by atoms with Crippen LogP contribution in [0.25, 0.3) is 0 Å². The van der Waals surface area contributed by atoms with Gasteiger partial charge in [-0.1, -0.05) is 24.3 Å². The fraction of sp³-hybridized carbons (Fsp3) is 0.462. The average Bonchev–Trinajstić information content (AvgIpc) is 2.69. The molecule has 3 nitrogen and oxygen atoms in total. The third-order valence-electron chi connectivity index (χ3n) is 3.65. The van der Waals surface area contributed by atoms with Gasteiger partial charge in [0.15, 0.2) is 0 Å². The first-order valence-electron chi connectivity index (χ1n) is 5.98. The van der Waals surface area contributed by atoms with Crippen LogP contribution in [0.5, 0.6) is 0 Å². The van der Waals surface area contributed by atoms with Gasteiger partial charge >= 0.3 is 0 Å². The molecule has 1 aliphatic heterocycles. The lowest BCUT2D eigenvalue weighted by Gasteiger charge is -2.32. The molecule has 0 amide bonds. The number of benzene rings is 1. The Bertz CT molecular complexity index is 407. The average molecular weight is 215 g/mol. The van der Waals surface area contributed by atoms with E-state index in [4.69, 9.17) is 5.41 Å². The largest absolute Gasteiger partial charge is 0.314 e. The normalized spacial score (nSPS) is 25.8. The molecule has 0 saturated carbocycles. The molecule has 1 fully saturated rings. The number of hydrogen-bond donors (Lipinski definition) is 2. The molecule has 1 aromatic rings. The van der Waals surface area contributed by atoms with Gasteiger partial charge < -0.3 is 10.7 Å². The van der Waals surface area contributed by atoms with Crippen molar-refractivity contribution in [3.8, 4) is 0 Å². The van der Waals surface area contributed by atoms with Crippen LogP contribution in [0.4, 0.5) is 0 Å². The summed E-state index contributed by atoms with van der Waals surface area (Å²) in [5.74, 6) is 0. The van der Waals surface area contributed by atoms with E-state index in [1.165, 1.54) is 5.56 Å². The number of hydrogen-bond acceptors (Lipinski definition) is 3. The molecule has 3 heteroatoms. The molecule has 2 N–H and O–H groups in total. The Hall–Kier alpha value is -1.19. The standard InChI is InChI=1S/C13H17N3/c14-13-11-4-2-1-3-10(11)9-12(13)16-7-5-15-6-8-16/h1-4,12,14-15H,5-9H2. The molecule has 3 rings (SSSR count). The molecule has 1 unspecified atom stereocenters. The van der Waals surface area contributed by atoms with Crippen molar-refractivity contribution in [3.05, 3.63) is 35.4 Å². The zero-order valence-corrected chi connectivity index (χ0v) is 9.37. The Morgan fingerprint density at radius 2 is 1.94 bits per heavy atom. The van der Waals surface area contributed by atoms with Crippen LogP contribution >= 0.6 is 0 Å². The van der Waals surface area contributed by atoms with Gasteiger partial charge in [-0.25, -0.2) is 0 Å². The van der Waals surface area contributed by atoms with Gasteiger partial charge in [-0.3, -0.25) is 4.90 Å². The Labute approximate surface area is 96.0 Å². The van der Waals surface area contributed by atoms with E-state index in [0.29, 0.717) is 6.04 Å². The zero-order valence-electron chi connectivity index (χ0n) is 9.37. The quantitative estimate of drug-likeness (QED) is 0.730. The van der Waals surface area contributed by atoms with E-state index in [1.54, 1.807) is 0 Å². The van der Waals surface area contributed by atoms with E-state index in [1.807, 2.05) is 6.07 Å². The highest BCUT2D eigenvalue weighted by atomic mass is 15.2. The highest BCUT2D eigenvalue weighted by molar-refractivity contribution is 6.06. The summed E-state index contributed by atoms with van der Waals surface area (Å²) in [5.41, 5.74) is 3.32. The van der Waals surface area contributed by atoms with E-state index in [2.05, 4.69) is 28.4 Å². The maximum atomic E-state index is 8.26. The number of rotatable bonds is 1. The van der Waals surface area contributed by atoms with Gasteiger partial charge in [-0.05, 0) is 12.0 Å². The minimum Gasteiger partial charge on any atom is -0.314 e. The second-order valence-corrected chi connectivity index (χ2v) is 4.58. The summed E-state index contributed by atoms with van der Waals surface area (Å²) in [6, 6.07) is 8.67. The third kappa shape index (κ3) is 1.56. The summed E-state index contributed by atoms with van der Waals surface area (Å²) < 4.78 is 0. The smallest absolute Gasteiger partial charge is 0.0564 e. The summed E-state index contributed by atoms with van der Waals surface area (Å²) in [7, 11) is 0. The van der Waals surface area contributed by atoms with Crippen molar-refractivity contribution in [1.29, 1.82) is 5.41 Å². The van der Waals surface area contributed by atoms with E-state index in [9.17, 15) is 0 Å². The first-order chi connectivity index (χ1) is 7.86. The lowest BCUT2D eigenvalue weighted by Crippen LogP contribution is -2.50. The van der Waals surface area contributed by atoms with Crippen molar-refractivity contribution in [1.82, 2.24) is 10.2 Å². The summed E-state index contributed by atoms with van der Waals surface area (Å²) in [6.07, 6.45) is 1.02. The van der Waals surface area contributed by atoms with Crippen molar-refractivity contribution in [2.45, 2.75) is 12.5 Å². The topological polar surface area (TPSA) is 39.1 Å². The molecule has 1 aliphatic carbocycles. The van der Waals surface area contributed by atoms with E-state index >= 15 is 0 Å². The second kappa shape index (κ2) is 4.00. The summed E-state index contributed by atoms with van der Waals surface area (Å²) >= 11 is 0. The Kier molecular flexibility index (Phi) is 2.50. The van der Waals surface area contributed by atoms with Crippen LogP contribution in [-0.2, 0) is 6.42 Å². The van der Waals surface area contributed by atoms with Gasteiger partial charge in [0.2, 0.25) is 0 Å². The molecule has 84 valence electrons. The van der Waals surface area contributed by atoms with Gasteiger partial charge in [0.05, 0.1) is 11.8 Å². The molecule has 0 bridgehead atoms. The lowest BCUT2D eigenvalue weighted by molar-refractivity contribution is 0.215. The predicted molar refractivity (Wildman–Crippen MR) is 65.2 cm³/mol. The van der Waals surface area contributed by atoms with Crippen molar-refractivity contribution < 1.29 is 0 Å². The molecule has 1 heterocycles. The number of nitrogens with zero attached hydrogens (tertiary/aromatic N) is 1. The third-order valence-corrected chi connectivity index (χ3v) is 3.65. The molecule has 0 spiro atoms. The monoisotopic (exact) mass is 215 g/mol. The molecule has 1 aromatic carbocycles. The van der Waals surface area contributed by atoms with Crippen LogP contribution in [0.1, 0.15) is 11.1 Å². The summed E-state index contributed by atoms with van der Waals surface area (Å²) in [4.78, 5) is 2.44. The van der Waals surface area contributed by atoms with Gasteiger partial charge in [0.1, 0.15) is 0 Å². The first-order valence-corrected chi connectivity index (χ1v) is 5.98. The first kappa shape index (κ1) is 10.00. The fourth-order valence-corrected chi connectivity index (χ4v) is 2.76. The Morgan fingerprint density at radius 1 is 1.19 bits per heavy atom. The van der Waals surface area contributed by atoms with E-state index in [0.717, 1.165) is 43.9 Å². The molecular weight excluding hydrogens is 198 g/mol. The van der Waals surface area contributed by atoms with Crippen molar-refractivity contribution >= 4 is 5.71 Å². The van der Waals surface area contributed by atoms with E-state index < -0.39 is 0 Å². The van der Waals surface area contributed by atoms with Crippen LogP contribution in [-0.4, -0.2) is 42.8 Å². The second-order valence-electron chi connectivity index (χ2n) is 4.58. The minimum atomic E-state index is 0.319. The highest BCUT2D eigenvalue weighted by Crippen LogP contribution is 2.25. The molecule has 16 heavy (non-hydrogen) atoms. The van der Waals surface area contributed by atoms with Crippen molar-refractivity contribution in [2.75, 3.05) is 26.2 Å². The van der Waals surface area contributed by atoms with E-state index in [-0.39, 0.29) is 0 Å². The maximum Gasteiger partial charge on any atom is 0.0564 e. The number of piperazine rings is 1. The molecule has 2 aliphatic rings. The number of fused-ring (bicyclic) bond motifs is 1. The fourth-order valence-electron chi connectivity index (χ4n) is 2.76. The van der Waals surface area contributed by atoms with Gasteiger partial charge in [-0.2, -0.15) is 0 Å². The van der Waals surface area contributed by atoms with Gasteiger partial charge in [0.25, 0.3) is 0 Å². The van der Waals surface area contributed by atoms with Crippen molar-refractivity contribution in [3.63, 3.8) is 0 Å².